The molecule has 1 unspecified atom stereocenters. The molecule has 1 N–H and O–H groups in total. The Morgan fingerprint density at radius 3 is 2.95 bits per heavy atom. The molecule has 1 atom stereocenters. The molecule has 2 heterocycles. The summed E-state index contributed by atoms with van der Waals surface area (Å²) in [6, 6.07) is 1.68. The summed E-state index contributed by atoms with van der Waals surface area (Å²) in [5.41, 5.74) is -0.293. The Labute approximate surface area is 117 Å². The predicted molar refractivity (Wildman–Crippen MR) is 71.4 cm³/mol. The summed E-state index contributed by atoms with van der Waals surface area (Å²) in [7, 11) is 3.28. The lowest BCUT2D eigenvalue weighted by Gasteiger charge is -2.26. The summed E-state index contributed by atoms with van der Waals surface area (Å²) in [6.07, 6.45) is 0.861. The minimum absolute atomic E-state index is 0.293. The van der Waals surface area contributed by atoms with Crippen molar-refractivity contribution in [2.45, 2.75) is 18.6 Å². The predicted octanol–water partition coefficient (Wildman–Crippen LogP) is 1.49. The first-order chi connectivity index (χ1) is 9.17. The van der Waals surface area contributed by atoms with Gasteiger partial charge in [0, 0.05) is 39.9 Å². The molecule has 0 aromatic carbocycles. The Hall–Kier alpha value is -0.950. The quantitative estimate of drug-likeness (QED) is 0.800. The Bertz CT molecular complexity index is 425. The summed E-state index contributed by atoms with van der Waals surface area (Å²) in [5, 5.41) is 3.61. The topological polar surface area (TPSA) is 65.5 Å². The van der Waals surface area contributed by atoms with Gasteiger partial charge in [0.1, 0.15) is 23.2 Å². The van der Waals surface area contributed by atoms with Gasteiger partial charge in [-0.1, -0.05) is 11.6 Å². The van der Waals surface area contributed by atoms with E-state index >= 15 is 0 Å². The number of methoxy groups -OCH3 is 2. The van der Waals surface area contributed by atoms with Crippen molar-refractivity contribution in [3.05, 3.63) is 17.0 Å². The molecule has 106 valence electrons. The number of ether oxygens (including phenoxy) is 3. The van der Waals surface area contributed by atoms with Gasteiger partial charge in [0.2, 0.25) is 0 Å². The zero-order chi connectivity index (χ0) is 13.7. The molecular weight excluding hydrogens is 270 g/mol. The second kappa shape index (κ2) is 6.47. The summed E-state index contributed by atoms with van der Waals surface area (Å²) in [4.78, 5) is 8.40. The Morgan fingerprint density at radius 1 is 1.47 bits per heavy atom. The van der Waals surface area contributed by atoms with Crippen LogP contribution in [0.4, 0.5) is 5.82 Å². The van der Waals surface area contributed by atoms with Gasteiger partial charge in [0.15, 0.2) is 5.82 Å². The van der Waals surface area contributed by atoms with Gasteiger partial charge in [-0.15, -0.1) is 0 Å². The first-order valence-electron chi connectivity index (χ1n) is 6.07. The number of hydrogen-bond donors (Lipinski definition) is 1. The van der Waals surface area contributed by atoms with E-state index in [0.717, 1.165) is 13.0 Å². The van der Waals surface area contributed by atoms with Crippen molar-refractivity contribution in [1.29, 1.82) is 0 Å². The van der Waals surface area contributed by atoms with Crippen LogP contribution in [0.3, 0.4) is 0 Å². The second-order valence-corrected chi connectivity index (χ2v) is 4.86. The summed E-state index contributed by atoms with van der Waals surface area (Å²) in [5.74, 6) is 1.21. The first-order valence-corrected chi connectivity index (χ1v) is 6.44. The van der Waals surface area contributed by atoms with Crippen molar-refractivity contribution in [3.8, 4) is 0 Å². The van der Waals surface area contributed by atoms with Crippen LogP contribution in [0.25, 0.3) is 0 Å². The highest BCUT2D eigenvalue weighted by Gasteiger charge is 2.34. The van der Waals surface area contributed by atoms with Gasteiger partial charge < -0.3 is 19.5 Å². The molecule has 0 bridgehead atoms. The Balaban J connectivity index is 2.02. The van der Waals surface area contributed by atoms with Gasteiger partial charge in [-0.25, -0.2) is 9.97 Å². The fraction of sp³-hybridized carbons (Fsp3) is 0.667. The van der Waals surface area contributed by atoms with Gasteiger partial charge in [-0.3, -0.25) is 0 Å². The summed E-state index contributed by atoms with van der Waals surface area (Å²) in [6.45, 7) is 2.24. The van der Waals surface area contributed by atoms with E-state index in [2.05, 4.69) is 15.3 Å². The zero-order valence-electron chi connectivity index (χ0n) is 11.1. The highest BCUT2D eigenvalue weighted by Crippen LogP contribution is 2.23. The van der Waals surface area contributed by atoms with E-state index in [1.165, 1.54) is 0 Å². The van der Waals surface area contributed by atoms with Gasteiger partial charge in [0.05, 0.1) is 6.61 Å². The van der Waals surface area contributed by atoms with Crippen LogP contribution in [0.1, 0.15) is 12.2 Å². The lowest BCUT2D eigenvalue weighted by atomic mass is 10.0. The van der Waals surface area contributed by atoms with E-state index in [-0.39, 0.29) is 5.60 Å². The Morgan fingerprint density at radius 2 is 2.32 bits per heavy atom. The molecule has 19 heavy (non-hydrogen) atoms. The third-order valence-corrected chi connectivity index (χ3v) is 3.30. The molecular formula is C12H18ClN3O3. The van der Waals surface area contributed by atoms with Crippen LogP contribution in [0.5, 0.6) is 0 Å². The monoisotopic (exact) mass is 287 g/mol. The maximum atomic E-state index is 5.95. The largest absolute Gasteiger partial charge is 0.378 e. The zero-order valence-corrected chi connectivity index (χ0v) is 11.9. The molecule has 6 nitrogen and oxygen atoms in total. The number of hydrogen-bond acceptors (Lipinski definition) is 6. The fourth-order valence-corrected chi connectivity index (χ4v) is 2.16. The van der Waals surface area contributed by atoms with E-state index < -0.39 is 0 Å². The van der Waals surface area contributed by atoms with Gasteiger partial charge in [0.25, 0.3) is 0 Å². The molecule has 1 fully saturated rings. The number of anilines is 1. The van der Waals surface area contributed by atoms with E-state index in [9.17, 15) is 0 Å². The number of nitrogens with one attached hydrogen (secondary N) is 1. The average molecular weight is 288 g/mol. The molecule has 1 aliphatic heterocycles. The smallest absolute Gasteiger partial charge is 0.158 e. The summed E-state index contributed by atoms with van der Waals surface area (Å²) < 4.78 is 15.9. The molecule has 0 radical (unpaired) electrons. The van der Waals surface area contributed by atoms with Crippen molar-refractivity contribution >= 4 is 17.4 Å². The molecule has 1 aromatic heterocycles. The van der Waals surface area contributed by atoms with Crippen LogP contribution in [0.2, 0.25) is 5.15 Å². The number of halogens is 1. The van der Waals surface area contributed by atoms with Crippen molar-refractivity contribution < 1.29 is 14.2 Å². The maximum Gasteiger partial charge on any atom is 0.158 e. The van der Waals surface area contributed by atoms with Crippen LogP contribution >= 0.6 is 11.6 Å². The lowest BCUT2D eigenvalue weighted by molar-refractivity contribution is -0.00626. The number of aromatic nitrogens is 2. The highest BCUT2D eigenvalue weighted by molar-refractivity contribution is 6.29. The molecule has 1 aliphatic rings. The van der Waals surface area contributed by atoms with Gasteiger partial charge in [-0.2, -0.15) is 0 Å². The van der Waals surface area contributed by atoms with E-state index in [0.29, 0.717) is 36.6 Å². The van der Waals surface area contributed by atoms with Crippen LogP contribution < -0.4 is 5.32 Å². The molecule has 0 amide bonds. The molecule has 0 aliphatic carbocycles. The molecule has 1 aromatic rings. The SMILES string of the molecule is COCc1nc(Cl)cc(NCC2(OC)CCOC2)n1. The van der Waals surface area contributed by atoms with Crippen molar-refractivity contribution in [2.24, 2.45) is 0 Å². The number of nitrogens with zero attached hydrogens (tertiary/aromatic N) is 2. The second-order valence-electron chi connectivity index (χ2n) is 4.47. The van der Waals surface area contributed by atoms with Gasteiger partial charge >= 0.3 is 0 Å². The van der Waals surface area contributed by atoms with Crippen molar-refractivity contribution in [2.75, 3.05) is 39.3 Å². The lowest BCUT2D eigenvalue weighted by Crippen LogP contribution is -2.39. The Kier molecular flexibility index (Phi) is 4.93. The van der Waals surface area contributed by atoms with E-state index in [1.807, 2.05) is 0 Å². The van der Waals surface area contributed by atoms with Crippen LogP contribution in [0.15, 0.2) is 6.07 Å². The van der Waals surface area contributed by atoms with Crippen LogP contribution in [0, 0.1) is 0 Å². The third kappa shape index (κ3) is 3.76. The van der Waals surface area contributed by atoms with E-state index in [1.54, 1.807) is 20.3 Å². The van der Waals surface area contributed by atoms with Crippen molar-refractivity contribution in [3.63, 3.8) is 0 Å². The minimum Gasteiger partial charge on any atom is -0.378 e. The highest BCUT2D eigenvalue weighted by atomic mass is 35.5. The average Bonchev–Trinajstić information content (AvgIpc) is 2.86. The molecule has 7 heteroatoms. The molecule has 0 saturated carbocycles. The fourth-order valence-electron chi connectivity index (χ4n) is 1.96. The molecule has 1 saturated heterocycles. The maximum absolute atomic E-state index is 5.95. The third-order valence-electron chi connectivity index (χ3n) is 3.11. The first kappa shape index (κ1) is 14.5. The normalized spacial score (nSPS) is 22.7. The standard InChI is InChI=1S/C12H18ClN3O3/c1-17-6-11-15-9(13)5-10(16-11)14-7-12(18-2)3-4-19-8-12/h5H,3-4,6-8H2,1-2H3,(H,14,15,16). The van der Waals surface area contributed by atoms with E-state index in [4.69, 9.17) is 25.8 Å². The van der Waals surface area contributed by atoms with Crippen LogP contribution in [-0.4, -0.2) is 49.5 Å². The van der Waals surface area contributed by atoms with Gasteiger partial charge in [-0.05, 0) is 0 Å². The number of rotatable bonds is 6. The molecule has 2 rings (SSSR count). The minimum atomic E-state index is -0.293. The molecule has 0 spiro atoms. The van der Waals surface area contributed by atoms with Crippen molar-refractivity contribution in [1.82, 2.24) is 9.97 Å². The summed E-state index contributed by atoms with van der Waals surface area (Å²) >= 11 is 5.95. The van der Waals surface area contributed by atoms with Crippen LogP contribution in [-0.2, 0) is 20.8 Å².